The van der Waals surface area contributed by atoms with Gasteiger partial charge < -0.3 is 0 Å². The third-order valence-electron chi connectivity index (χ3n) is 2.40. The van der Waals surface area contributed by atoms with Gasteiger partial charge in [0.2, 0.25) is 0 Å². The topological polar surface area (TPSA) is 0 Å². The van der Waals surface area contributed by atoms with E-state index in [2.05, 4.69) is 15.9 Å². The smallest absolute Gasteiger partial charge is 0.173 e. The van der Waals surface area contributed by atoms with E-state index in [0.717, 1.165) is 0 Å². The number of alkyl halides is 2. The fourth-order valence-electron chi connectivity index (χ4n) is 0.898. The molecule has 1 saturated carbocycles. The lowest BCUT2D eigenvalue weighted by molar-refractivity contribution is 0.366. The Morgan fingerprint density at radius 2 is 1.62 bits per heavy atom. The van der Waals surface area contributed by atoms with E-state index in [4.69, 9.17) is 0 Å². The molecule has 0 aromatic heterocycles. The lowest BCUT2D eigenvalue weighted by Gasteiger charge is -1.98. The van der Waals surface area contributed by atoms with E-state index in [1.807, 2.05) is 20.8 Å². The van der Waals surface area contributed by atoms with Crippen LogP contribution < -0.4 is 0 Å². The van der Waals surface area contributed by atoms with E-state index >= 15 is 0 Å². The van der Waals surface area contributed by atoms with Crippen molar-refractivity contribution >= 4 is 15.9 Å². The maximum atomic E-state index is 12.9. The zero-order valence-electron chi connectivity index (χ0n) is 5.33. The predicted molar refractivity (Wildman–Crippen MR) is 35.7 cm³/mol. The zero-order chi connectivity index (χ0) is 6.58. The second-order valence-electron chi connectivity index (χ2n) is 3.07. The molecule has 8 heavy (non-hydrogen) atoms. The summed E-state index contributed by atoms with van der Waals surface area (Å²) >= 11 is 3.01. The third kappa shape index (κ3) is 0.498. The minimum atomic E-state index is -1.08. The van der Waals surface area contributed by atoms with E-state index in [1.54, 1.807) is 0 Å². The van der Waals surface area contributed by atoms with Crippen LogP contribution in [0.3, 0.4) is 0 Å². The van der Waals surface area contributed by atoms with Crippen molar-refractivity contribution in [3.63, 3.8) is 0 Å². The summed E-state index contributed by atoms with van der Waals surface area (Å²) in [4.78, 5) is 0. The molecule has 0 bridgehead atoms. The van der Waals surface area contributed by atoms with Crippen molar-refractivity contribution in [2.24, 2.45) is 11.3 Å². The summed E-state index contributed by atoms with van der Waals surface area (Å²) in [5.74, 6) is 0.162. The molecule has 48 valence electrons. The van der Waals surface area contributed by atoms with Gasteiger partial charge in [-0.05, 0) is 15.9 Å². The van der Waals surface area contributed by atoms with Crippen LogP contribution in [0, 0.1) is 11.3 Å². The first kappa shape index (κ1) is 6.53. The summed E-state index contributed by atoms with van der Waals surface area (Å²) in [6.45, 7) is 5.76. The molecular weight excluding hydrogens is 171 g/mol. The summed E-state index contributed by atoms with van der Waals surface area (Å²) in [5, 5.41) is 0. The molecule has 2 atom stereocenters. The third-order valence-corrected chi connectivity index (χ3v) is 4.11. The summed E-state index contributed by atoms with van der Waals surface area (Å²) in [6, 6.07) is 0. The van der Waals surface area contributed by atoms with Gasteiger partial charge in [-0.15, -0.1) is 0 Å². The lowest BCUT2D eigenvalue weighted by Crippen LogP contribution is -1.96. The van der Waals surface area contributed by atoms with Crippen molar-refractivity contribution in [2.45, 2.75) is 25.3 Å². The highest BCUT2D eigenvalue weighted by Gasteiger charge is 2.69. The molecule has 0 nitrogen and oxygen atoms in total. The quantitative estimate of drug-likeness (QED) is 0.504. The molecular formula is C6H10BrF. The Morgan fingerprint density at radius 1 is 1.50 bits per heavy atom. The standard InChI is InChI=1S/C6H10BrF/c1-4-5(2,3)6(4,7)8/h4H,1-3H3. The van der Waals surface area contributed by atoms with Crippen molar-refractivity contribution in [1.29, 1.82) is 0 Å². The minimum Gasteiger partial charge on any atom is -0.230 e. The highest BCUT2D eigenvalue weighted by molar-refractivity contribution is 9.10. The Balaban J connectivity index is 2.72. The van der Waals surface area contributed by atoms with E-state index in [1.165, 1.54) is 0 Å². The van der Waals surface area contributed by atoms with Crippen LogP contribution in [-0.4, -0.2) is 4.58 Å². The average molecular weight is 181 g/mol. The molecule has 0 spiro atoms. The molecule has 0 aromatic rings. The van der Waals surface area contributed by atoms with Crippen LogP contribution in [0.2, 0.25) is 0 Å². The van der Waals surface area contributed by atoms with Gasteiger partial charge in [-0.25, -0.2) is 4.39 Å². The lowest BCUT2D eigenvalue weighted by atomic mass is 10.1. The van der Waals surface area contributed by atoms with Crippen LogP contribution in [0.1, 0.15) is 20.8 Å². The van der Waals surface area contributed by atoms with Gasteiger partial charge in [0.15, 0.2) is 4.58 Å². The molecule has 0 saturated heterocycles. The molecule has 1 aliphatic carbocycles. The zero-order valence-corrected chi connectivity index (χ0v) is 6.92. The van der Waals surface area contributed by atoms with Crippen LogP contribution in [0.25, 0.3) is 0 Å². The molecule has 1 fully saturated rings. The first-order valence-electron chi connectivity index (χ1n) is 2.78. The second-order valence-corrected chi connectivity index (χ2v) is 4.22. The molecule has 0 aromatic carbocycles. The van der Waals surface area contributed by atoms with E-state index in [-0.39, 0.29) is 11.3 Å². The van der Waals surface area contributed by atoms with Gasteiger partial charge in [0, 0.05) is 11.3 Å². The Hall–Kier alpha value is 0.410. The molecule has 1 aliphatic rings. The fourth-order valence-corrected chi connectivity index (χ4v) is 1.70. The largest absolute Gasteiger partial charge is 0.230 e. The van der Waals surface area contributed by atoms with Gasteiger partial charge in [0.1, 0.15) is 0 Å². The highest BCUT2D eigenvalue weighted by Crippen LogP contribution is 2.67. The van der Waals surface area contributed by atoms with Crippen molar-refractivity contribution in [1.82, 2.24) is 0 Å². The summed E-state index contributed by atoms with van der Waals surface area (Å²) < 4.78 is 11.8. The maximum Gasteiger partial charge on any atom is 0.173 e. The Bertz CT molecular complexity index is 104. The Kier molecular flexibility index (Phi) is 1.05. The van der Waals surface area contributed by atoms with Crippen molar-refractivity contribution in [3.05, 3.63) is 0 Å². The number of halogens is 2. The van der Waals surface area contributed by atoms with Gasteiger partial charge in [-0.1, -0.05) is 20.8 Å². The molecule has 0 heterocycles. The highest BCUT2D eigenvalue weighted by atomic mass is 79.9. The fraction of sp³-hybridized carbons (Fsp3) is 1.00. The first-order chi connectivity index (χ1) is 3.40. The predicted octanol–water partition coefficient (Wildman–Crippen LogP) is 2.72. The minimum absolute atomic E-state index is 0.146. The van der Waals surface area contributed by atoms with Crippen molar-refractivity contribution in [3.8, 4) is 0 Å². The summed E-state index contributed by atoms with van der Waals surface area (Å²) in [5.41, 5.74) is -0.146. The van der Waals surface area contributed by atoms with Gasteiger partial charge in [0.25, 0.3) is 0 Å². The number of hydrogen-bond acceptors (Lipinski definition) is 0. The molecule has 0 aliphatic heterocycles. The van der Waals surface area contributed by atoms with Gasteiger partial charge in [0.05, 0.1) is 0 Å². The van der Waals surface area contributed by atoms with Crippen molar-refractivity contribution in [2.75, 3.05) is 0 Å². The monoisotopic (exact) mass is 180 g/mol. The summed E-state index contributed by atoms with van der Waals surface area (Å²) in [6.07, 6.45) is 0. The van der Waals surface area contributed by atoms with Crippen LogP contribution in [0.4, 0.5) is 4.39 Å². The van der Waals surface area contributed by atoms with Crippen LogP contribution in [-0.2, 0) is 0 Å². The molecule has 2 unspecified atom stereocenters. The normalized spacial score (nSPS) is 51.4. The SMILES string of the molecule is CC1C(C)(C)C1(F)Br. The molecule has 0 radical (unpaired) electrons. The van der Waals surface area contributed by atoms with E-state index in [9.17, 15) is 4.39 Å². The first-order valence-corrected chi connectivity index (χ1v) is 3.58. The van der Waals surface area contributed by atoms with E-state index in [0.29, 0.717) is 0 Å². The van der Waals surface area contributed by atoms with E-state index < -0.39 is 4.58 Å². The van der Waals surface area contributed by atoms with Gasteiger partial charge in [-0.2, -0.15) is 0 Å². The number of rotatable bonds is 0. The average Bonchev–Trinajstić information content (AvgIpc) is 1.88. The van der Waals surface area contributed by atoms with Crippen LogP contribution >= 0.6 is 15.9 Å². The van der Waals surface area contributed by atoms with Gasteiger partial charge in [-0.3, -0.25) is 0 Å². The van der Waals surface area contributed by atoms with Crippen molar-refractivity contribution < 1.29 is 4.39 Å². The number of hydrogen-bond donors (Lipinski definition) is 0. The molecule has 1 rings (SSSR count). The maximum absolute atomic E-state index is 12.9. The second kappa shape index (κ2) is 1.28. The van der Waals surface area contributed by atoms with Crippen LogP contribution in [0.5, 0.6) is 0 Å². The molecule has 0 amide bonds. The Morgan fingerprint density at radius 3 is 1.62 bits per heavy atom. The van der Waals surface area contributed by atoms with Crippen LogP contribution in [0.15, 0.2) is 0 Å². The summed E-state index contributed by atoms with van der Waals surface area (Å²) in [7, 11) is 0. The van der Waals surface area contributed by atoms with Gasteiger partial charge >= 0.3 is 0 Å². The molecule has 2 heteroatoms. The molecule has 0 N–H and O–H groups in total. The Labute approximate surface area is 57.6 Å².